The van der Waals surface area contributed by atoms with E-state index >= 15 is 0 Å². The van der Waals surface area contributed by atoms with E-state index in [4.69, 9.17) is 4.74 Å². The van der Waals surface area contributed by atoms with Crippen LogP contribution in [0.25, 0.3) is 0 Å². The van der Waals surface area contributed by atoms with Crippen LogP contribution in [0.1, 0.15) is 37.9 Å². The van der Waals surface area contributed by atoms with Gasteiger partial charge >= 0.3 is 6.09 Å². The van der Waals surface area contributed by atoms with Crippen LogP contribution in [0.4, 0.5) is 4.79 Å². The summed E-state index contributed by atoms with van der Waals surface area (Å²) in [5, 5.41) is 12.3. The standard InChI is InChI=1S/C15H21NO3/c1-15(2,3)19-14(18)16-13-11(9-17)8-10-6-4-5-7-12(10)13/h4-7,11,13,17H,8-9H2,1-3H3,(H,16,18)/t11-,13+/m0/s1. The third kappa shape index (κ3) is 3.26. The van der Waals surface area contributed by atoms with E-state index in [1.54, 1.807) is 0 Å². The summed E-state index contributed by atoms with van der Waals surface area (Å²) in [5.41, 5.74) is 1.74. The van der Waals surface area contributed by atoms with E-state index in [0.29, 0.717) is 0 Å². The number of amides is 1. The van der Waals surface area contributed by atoms with Gasteiger partial charge in [0.05, 0.1) is 6.04 Å². The van der Waals surface area contributed by atoms with E-state index in [9.17, 15) is 9.90 Å². The SMILES string of the molecule is CC(C)(C)OC(=O)N[C@H]1c2ccccc2C[C@H]1CO. The van der Waals surface area contributed by atoms with Crippen molar-refractivity contribution < 1.29 is 14.6 Å². The summed E-state index contributed by atoms with van der Waals surface area (Å²) >= 11 is 0. The molecular weight excluding hydrogens is 242 g/mol. The summed E-state index contributed by atoms with van der Waals surface area (Å²) in [6, 6.07) is 7.78. The Balaban J connectivity index is 2.12. The molecule has 0 spiro atoms. The van der Waals surface area contributed by atoms with E-state index in [1.165, 1.54) is 5.56 Å². The number of fused-ring (bicyclic) bond motifs is 1. The molecule has 0 bridgehead atoms. The van der Waals surface area contributed by atoms with Crippen molar-refractivity contribution in [1.82, 2.24) is 5.32 Å². The number of alkyl carbamates (subject to hydrolysis) is 1. The van der Waals surface area contributed by atoms with Crippen molar-refractivity contribution in [2.24, 2.45) is 5.92 Å². The third-order valence-electron chi connectivity index (χ3n) is 3.25. The zero-order valence-electron chi connectivity index (χ0n) is 11.6. The summed E-state index contributed by atoms with van der Waals surface area (Å²) in [6.45, 7) is 5.55. The predicted octanol–water partition coefficient (Wildman–Crippen LogP) is 2.42. The molecule has 0 aromatic heterocycles. The van der Waals surface area contributed by atoms with Gasteiger partial charge in [-0.25, -0.2) is 4.79 Å². The molecule has 0 saturated carbocycles. The molecule has 0 radical (unpaired) electrons. The molecule has 4 heteroatoms. The Labute approximate surface area is 113 Å². The van der Waals surface area contributed by atoms with E-state index < -0.39 is 11.7 Å². The number of nitrogens with one attached hydrogen (secondary N) is 1. The maximum Gasteiger partial charge on any atom is 0.408 e. The Morgan fingerprint density at radius 1 is 1.42 bits per heavy atom. The van der Waals surface area contributed by atoms with Crippen LogP contribution in [0.15, 0.2) is 24.3 Å². The first-order chi connectivity index (χ1) is 8.90. The fraction of sp³-hybridized carbons (Fsp3) is 0.533. The van der Waals surface area contributed by atoms with Gasteiger partial charge in [0.1, 0.15) is 5.60 Å². The average molecular weight is 263 g/mol. The summed E-state index contributed by atoms with van der Waals surface area (Å²) in [5.74, 6) is 0.0184. The molecule has 0 heterocycles. The maximum absolute atomic E-state index is 11.9. The molecule has 1 aromatic rings. The zero-order valence-corrected chi connectivity index (χ0v) is 11.6. The van der Waals surface area contributed by atoms with Crippen molar-refractivity contribution in [3.8, 4) is 0 Å². The van der Waals surface area contributed by atoms with Gasteiger partial charge in [-0.3, -0.25) is 0 Å². The van der Waals surface area contributed by atoms with Gasteiger partial charge in [-0.1, -0.05) is 24.3 Å². The molecule has 0 fully saturated rings. The van der Waals surface area contributed by atoms with E-state index in [-0.39, 0.29) is 18.6 Å². The summed E-state index contributed by atoms with van der Waals surface area (Å²) in [4.78, 5) is 11.9. The van der Waals surface area contributed by atoms with Crippen LogP contribution in [-0.2, 0) is 11.2 Å². The lowest BCUT2D eigenvalue weighted by atomic mass is 10.0. The largest absolute Gasteiger partial charge is 0.444 e. The highest BCUT2D eigenvalue weighted by Crippen LogP contribution is 2.35. The molecule has 0 unspecified atom stereocenters. The highest BCUT2D eigenvalue weighted by atomic mass is 16.6. The molecule has 19 heavy (non-hydrogen) atoms. The van der Waals surface area contributed by atoms with Crippen LogP contribution in [0.5, 0.6) is 0 Å². The molecule has 2 N–H and O–H groups in total. The van der Waals surface area contributed by atoms with Crippen molar-refractivity contribution in [2.75, 3.05) is 6.61 Å². The van der Waals surface area contributed by atoms with Crippen molar-refractivity contribution in [3.05, 3.63) is 35.4 Å². The number of aliphatic hydroxyl groups is 1. The lowest BCUT2D eigenvalue weighted by Gasteiger charge is -2.24. The van der Waals surface area contributed by atoms with Crippen LogP contribution in [0.3, 0.4) is 0 Å². The molecule has 0 saturated heterocycles. The molecular formula is C15H21NO3. The highest BCUT2D eigenvalue weighted by molar-refractivity contribution is 5.69. The van der Waals surface area contributed by atoms with E-state index in [1.807, 2.05) is 45.0 Å². The van der Waals surface area contributed by atoms with Crippen molar-refractivity contribution >= 4 is 6.09 Å². The lowest BCUT2D eigenvalue weighted by molar-refractivity contribution is 0.0477. The van der Waals surface area contributed by atoms with Crippen molar-refractivity contribution in [2.45, 2.75) is 38.8 Å². The third-order valence-corrected chi connectivity index (χ3v) is 3.25. The Morgan fingerprint density at radius 2 is 2.11 bits per heavy atom. The summed E-state index contributed by atoms with van der Waals surface area (Å²) in [6.07, 6.45) is 0.348. The minimum Gasteiger partial charge on any atom is -0.444 e. The number of aliphatic hydroxyl groups excluding tert-OH is 1. The first kappa shape index (κ1) is 13.9. The molecule has 2 atom stereocenters. The predicted molar refractivity (Wildman–Crippen MR) is 72.8 cm³/mol. The second-order valence-corrected chi connectivity index (χ2v) is 5.97. The topological polar surface area (TPSA) is 58.6 Å². The first-order valence-corrected chi connectivity index (χ1v) is 6.59. The van der Waals surface area contributed by atoms with Crippen LogP contribution in [0, 0.1) is 5.92 Å². The number of rotatable bonds is 2. The molecule has 1 aliphatic carbocycles. The number of carbonyl (C=O) groups is 1. The number of ether oxygens (including phenoxy) is 1. The normalized spacial score (nSPS) is 21.9. The number of benzene rings is 1. The first-order valence-electron chi connectivity index (χ1n) is 6.59. The quantitative estimate of drug-likeness (QED) is 0.861. The Hall–Kier alpha value is -1.55. The minimum absolute atomic E-state index is 0.0184. The van der Waals surface area contributed by atoms with Gasteiger partial charge in [0, 0.05) is 12.5 Å². The van der Waals surface area contributed by atoms with Crippen molar-refractivity contribution in [3.63, 3.8) is 0 Å². The van der Waals surface area contributed by atoms with Crippen LogP contribution >= 0.6 is 0 Å². The number of carbonyl (C=O) groups excluding carboxylic acids is 1. The minimum atomic E-state index is -0.517. The molecule has 0 aliphatic heterocycles. The van der Waals surface area contributed by atoms with Gasteiger partial charge in [0.25, 0.3) is 0 Å². The van der Waals surface area contributed by atoms with Gasteiger partial charge in [0.15, 0.2) is 0 Å². The van der Waals surface area contributed by atoms with Crippen LogP contribution in [-0.4, -0.2) is 23.4 Å². The molecule has 104 valence electrons. The van der Waals surface area contributed by atoms with Gasteiger partial charge in [0.2, 0.25) is 0 Å². The van der Waals surface area contributed by atoms with Gasteiger partial charge in [-0.05, 0) is 38.3 Å². The number of hydrogen-bond donors (Lipinski definition) is 2. The summed E-state index contributed by atoms with van der Waals surface area (Å²) in [7, 11) is 0. The van der Waals surface area contributed by atoms with Gasteiger partial charge in [-0.15, -0.1) is 0 Å². The molecule has 1 aromatic carbocycles. The van der Waals surface area contributed by atoms with Crippen LogP contribution < -0.4 is 5.32 Å². The van der Waals surface area contributed by atoms with Gasteiger partial charge < -0.3 is 15.2 Å². The average Bonchev–Trinajstić information content (AvgIpc) is 2.65. The Morgan fingerprint density at radius 3 is 2.74 bits per heavy atom. The zero-order chi connectivity index (χ0) is 14.0. The maximum atomic E-state index is 11.9. The smallest absolute Gasteiger partial charge is 0.408 e. The second kappa shape index (κ2) is 5.21. The lowest BCUT2D eigenvalue weighted by Crippen LogP contribution is -2.37. The van der Waals surface area contributed by atoms with Gasteiger partial charge in [-0.2, -0.15) is 0 Å². The van der Waals surface area contributed by atoms with Crippen LogP contribution in [0.2, 0.25) is 0 Å². The monoisotopic (exact) mass is 263 g/mol. The Bertz CT molecular complexity index is 465. The fourth-order valence-electron chi connectivity index (χ4n) is 2.48. The summed E-state index contributed by atoms with van der Waals surface area (Å²) < 4.78 is 5.28. The fourth-order valence-corrected chi connectivity index (χ4v) is 2.48. The molecule has 4 nitrogen and oxygen atoms in total. The van der Waals surface area contributed by atoms with E-state index in [0.717, 1.165) is 12.0 Å². The van der Waals surface area contributed by atoms with E-state index in [2.05, 4.69) is 5.32 Å². The number of hydrogen-bond acceptors (Lipinski definition) is 3. The van der Waals surface area contributed by atoms with Crippen molar-refractivity contribution in [1.29, 1.82) is 0 Å². The second-order valence-electron chi connectivity index (χ2n) is 5.97. The molecule has 1 amide bonds. The molecule has 1 aliphatic rings. The highest BCUT2D eigenvalue weighted by Gasteiger charge is 2.33. The Kier molecular flexibility index (Phi) is 3.80. The molecule has 2 rings (SSSR count).